The number of nitrogens with one attached hydrogen (secondary N) is 1. The van der Waals surface area contributed by atoms with Gasteiger partial charge in [0.05, 0.1) is 0 Å². The highest BCUT2D eigenvalue weighted by Crippen LogP contribution is 2.14. The molecule has 0 spiro atoms. The first-order chi connectivity index (χ1) is 8.65. The van der Waals surface area contributed by atoms with Gasteiger partial charge in [-0.3, -0.25) is 4.79 Å². The molecule has 4 heteroatoms. The lowest BCUT2D eigenvalue weighted by atomic mass is 10.1. The summed E-state index contributed by atoms with van der Waals surface area (Å²) in [5.74, 6) is 0.0251. The van der Waals surface area contributed by atoms with Crippen LogP contribution in [0.3, 0.4) is 0 Å². The molecule has 18 heavy (non-hydrogen) atoms. The summed E-state index contributed by atoms with van der Waals surface area (Å²) in [6.45, 7) is 2.73. The Morgan fingerprint density at radius 1 is 1.50 bits per heavy atom. The van der Waals surface area contributed by atoms with Crippen LogP contribution in [0.2, 0.25) is 0 Å². The van der Waals surface area contributed by atoms with Crippen molar-refractivity contribution in [1.82, 2.24) is 5.32 Å². The average molecular weight is 312 g/mol. The van der Waals surface area contributed by atoms with E-state index in [4.69, 9.17) is 4.74 Å². The molecule has 1 aliphatic rings. The maximum absolute atomic E-state index is 11.9. The Kier molecular flexibility index (Phi) is 4.78. The van der Waals surface area contributed by atoms with Crippen LogP contribution in [0.4, 0.5) is 0 Å². The molecule has 3 nitrogen and oxygen atoms in total. The van der Waals surface area contributed by atoms with Crippen LogP contribution in [-0.4, -0.2) is 24.7 Å². The number of ether oxygens (including phenoxy) is 1. The second-order valence-electron chi connectivity index (χ2n) is 4.74. The first-order valence-electron chi connectivity index (χ1n) is 6.31. The molecule has 1 N–H and O–H groups in total. The summed E-state index contributed by atoms with van der Waals surface area (Å²) >= 11 is 3.41. The quantitative estimate of drug-likeness (QED) is 0.928. The maximum atomic E-state index is 11.9. The van der Waals surface area contributed by atoms with Crippen LogP contribution in [0, 0.1) is 0 Å². The van der Waals surface area contributed by atoms with Crippen molar-refractivity contribution < 1.29 is 9.53 Å². The van der Waals surface area contributed by atoms with Gasteiger partial charge in [-0.15, -0.1) is 0 Å². The SMILES string of the molecule is C[C@@H](Cc1ccc(Br)cc1)NC(=O)[C@H]1CCCO1. The number of amides is 1. The number of hydrogen-bond donors (Lipinski definition) is 1. The summed E-state index contributed by atoms with van der Waals surface area (Å²) in [5.41, 5.74) is 1.22. The van der Waals surface area contributed by atoms with Crippen LogP contribution in [0.25, 0.3) is 0 Å². The number of hydrogen-bond acceptors (Lipinski definition) is 2. The number of carbonyl (C=O) groups is 1. The van der Waals surface area contributed by atoms with E-state index in [1.807, 2.05) is 19.1 Å². The van der Waals surface area contributed by atoms with Crippen molar-refractivity contribution in [3.63, 3.8) is 0 Å². The van der Waals surface area contributed by atoms with Gasteiger partial charge in [0.25, 0.3) is 0 Å². The Balaban J connectivity index is 1.82. The molecule has 2 atom stereocenters. The van der Waals surface area contributed by atoms with Crippen LogP contribution in [0.15, 0.2) is 28.7 Å². The summed E-state index contributed by atoms with van der Waals surface area (Å²) in [4.78, 5) is 11.9. The van der Waals surface area contributed by atoms with Gasteiger partial charge in [0.15, 0.2) is 0 Å². The molecule has 2 rings (SSSR count). The Hall–Kier alpha value is -0.870. The monoisotopic (exact) mass is 311 g/mol. The number of rotatable bonds is 4. The van der Waals surface area contributed by atoms with E-state index in [1.54, 1.807) is 0 Å². The van der Waals surface area contributed by atoms with Crippen LogP contribution in [0.1, 0.15) is 25.3 Å². The molecule has 0 aromatic heterocycles. The molecule has 1 aromatic carbocycles. The van der Waals surface area contributed by atoms with Crippen molar-refractivity contribution in [3.05, 3.63) is 34.3 Å². The van der Waals surface area contributed by atoms with Crippen LogP contribution in [0.5, 0.6) is 0 Å². The summed E-state index contributed by atoms with van der Waals surface area (Å²) in [7, 11) is 0. The Labute approximate surface area is 116 Å². The van der Waals surface area contributed by atoms with Crippen molar-refractivity contribution in [2.45, 2.75) is 38.3 Å². The van der Waals surface area contributed by atoms with E-state index in [0.717, 1.165) is 23.7 Å². The van der Waals surface area contributed by atoms with Gasteiger partial charge in [0, 0.05) is 17.1 Å². The first kappa shape index (κ1) is 13.6. The molecular weight excluding hydrogens is 294 g/mol. The Bertz CT molecular complexity index is 399. The Morgan fingerprint density at radius 3 is 2.83 bits per heavy atom. The molecule has 1 aromatic rings. The molecule has 0 bridgehead atoms. The fourth-order valence-electron chi connectivity index (χ4n) is 2.15. The van der Waals surface area contributed by atoms with E-state index in [9.17, 15) is 4.79 Å². The van der Waals surface area contributed by atoms with Gasteiger partial charge in [-0.1, -0.05) is 28.1 Å². The van der Waals surface area contributed by atoms with Crippen molar-refractivity contribution in [2.75, 3.05) is 6.61 Å². The number of halogens is 1. The predicted molar refractivity (Wildman–Crippen MR) is 74.4 cm³/mol. The lowest BCUT2D eigenvalue weighted by Crippen LogP contribution is -2.40. The van der Waals surface area contributed by atoms with Crippen LogP contribution >= 0.6 is 15.9 Å². The summed E-state index contributed by atoms with van der Waals surface area (Å²) in [6.07, 6.45) is 2.43. The van der Waals surface area contributed by atoms with E-state index in [-0.39, 0.29) is 18.1 Å². The third-order valence-corrected chi connectivity index (χ3v) is 3.59. The van der Waals surface area contributed by atoms with Crippen LogP contribution in [-0.2, 0) is 16.0 Å². The Morgan fingerprint density at radius 2 is 2.22 bits per heavy atom. The van der Waals surface area contributed by atoms with E-state index in [0.29, 0.717) is 6.61 Å². The highest BCUT2D eigenvalue weighted by atomic mass is 79.9. The lowest BCUT2D eigenvalue weighted by Gasteiger charge is -2.16. The van der Waals surface area contributed by atoms with Crippen LogP contribution < -0.4 is 5.32 Å². The molecule has 1 aliphatic heterocycles. The zero-order chi connectivity index (χ0) is 13.0. The van der Waals surface area contributed by atoms with Gasteiger partial charge in [-0.05, 0) is 43.9 Å². The van der Waals surface area contributed by atoms with Gasteiger partial charge >= 0.3 is 0 Å². The maximum Gasteiger partial charge on any atom is 0.249 e. The van der Waals surface area contributed by atoms with Crippen molar-refractivity contribution in [2.24, 2.45) is 0 Å². The lowest BCUT2D eigenvalue weighted by molar-refractivity contribution is -0.130. The summed E-state index contributed by atoms with van der Waals surface area (Å²) in [5, 5.41) is 3.01. The minimum absolute atomic E-state index is 0.0251. The van der Waals surface area contributed by atoms with E-state index < -0.39 is 0 Å². The molecule has 1 saturated heterocycles. The van der Waals surface area contributed by atoms with E-state index >= 15 is 0 Å². The number of carbonyl (C=O) groups excluding carboxylic acids is 1. The van der Waals surface area contributed by atoms with Crippen molar-refractivity contribution in [1.29, 1.82) is 0 Å². The molecule has 1 fully saturated rings. The van der Waals surface area contributed by atoms with Gasteiger partial charge in [0.2, 0.25) is 5.91 Å². The first-order valence-corrected chi connectivity index (χ1v) is 7.11. The third kappa shape index (κ3) is 3.82. The van der Waals surface area contributed by atoms with E-state index in [1.165, 1.54) is 5.56 Å². The highest BCUT2D eigenvalue weighted by molar-refractivity contribution is 9.10. The normalized spacial score (nSPS) is 20.7. The molecule has 0 saturated carbocycles. The fourth-order valence-corrected chi connectivity index (χ4v) is 2.41. The molecule has 0 aliphatic carbocycles. The highest BCUT2D eigenvalue weighted by Gasteiger charge is 2.24. The van der Waals surface area contributed by atoms with Gasteiger partial charge in [-0.2, -0.15) is 0 Å². The summed E-state index contributed by atoms with van der Waals surface area (Å²) in [6, 6.07) is 8.30. The second kappa shape index (κ2) is 6.34. The van der Waals surface area contributed by atoms with E-state index in [2.05, 4.69) is 33.4 Å². The molecule has 0 radical (unpaired) electrons. The molecule has 98 valence electrons. The van der Waals surface area contributed by atoms with Crippen molar-refractivity contribution in [3.8, 4) is 0 Å². The van der Waals surface area contributed by atoms with Gasteiger partial charge in [-0.25, -0.2) is 0 Å². The summed E-state index contributed by atoms with van der Waals surface area (Å²) < 4.78 is 6.43. The average Bonchev–Trinajstić information content (AvgIpc) is 2.85. The zero-order valence-corrected chi connectivity index (χ0v) is 12.1. The minimum atomic E-state index is -0.239. The topological polar surface area (TPSA) is 38.3 Å². The smallest absolute Gasteiger partial charge is 0.249 e. The minimum Gasteiger partial charge on any atom is -0.368 e. The number of benzene rings is 1. The predicted octanol–water partition coefficient (Wildman–Crippen LogP) is 2.68. The van der Waals surface area contributed by atoms with Gasteiger partial charge < -0.3 is 10.1 Å². The van der Waals surface area contributed by atoms with Gasteiger partial charge in [0.1, 0.15) is 6.10 Å². The molecule has 1 heterocycles. The third-order valence-electron chi connectivity index (χ3n) is 3.07. The standard InChI is InChI=1S/C14H18BrNO2/c1-10(9-11-4-6-12(15)7-5-11)16-14(17)13-3-2-8-18-13/h4-7,10,13H,2-3,8-9H2,1H3,(H,16,17)/t10-,13+/m0/s1. The second-order valence-corrected chi connectivity index (χ2v) is 5.66. The largest absolute Gasteiger partial charge is 0.368 e. The molecule has 1 amide bonds. The molecular formula is C14H18BrNO2. The fraction of sp³-hybridized carbons (Fsp3) is 0.500. The molecule has 0 unspecified atom stereocenters. The van der Waals surface area contributed by atoms with Crippen molar-refractivity contribution >= 4 is 21.8 Å². The zero-order valence-electron chi connectivity index (χ0n) is 10.5.